The zero-order chi connectivity index (χ0) is 19.5. The molecular formula is C21H39IO3Si. The third-order valence-corrected chi connectivity index (χ3v) is 11.5. The van der Waals surface area contributed by atoms with Crippen LogP contribution in [0.15, 0.2) is 10.2 Å². The third-order valence-electron chi connectivity index (χ3n) is 6.58. The van der Waals surface area contributed by atoms with E-state index in [0.717, 1.165) is 38.7 Å². The van der Waals surface area contributed by atoms with E-state index in [0.29, 0.717) is 0 Å². The third kappa shape index (κ3) is 5.13. The first kappa shape index (κ1) is 22.9. The molecule has 2 saturated heterocycles. The van der Waals surface area contributed by atoms with Crippen LogP contribution in [0.4, 0.5) is 0 Å². The maximum absolute atomic E-state index is 6.93. The first-order valence-corrected chi connectivity index (χ1v) is 14.5. The molecule has 0 aromatic carbocycles. The van der Waals surface area contributed by atoms with Crippen LogP contribution in [0, 0.1) is 0 Å². The largest absolute Gasteiger partial charge is 0.408 e. The van der Waals surface area contributed by atoms with Crippen molar-refractivity contribution in [1.29, 1.82) is 0 Å². The van der Waals surface area contributed by atoms with E-state index >= 15 is 0 Å². The molecular weight excluding hydrogens is 455 g/mol. The topological polar surface area (TPSA) is 27.7 Å². The monoisotopic (exact) mass is 494 g/mol. The first-order valence-electron chi connectivity index (χ1n) is 10.4. The standard InChI is InChI=1S/C21H39IO3Si/c1-7-8-12-20(14-15-21(25-20)13-9-10-17-23-21)18(11-16-22)24-26(5,6)19(2,3)4/h11,16,18H,7-10,12-15,17H2,1-6H3/b16-11+/t18-,20-,21?/m1/s1. The Balaban J connectivity index is 2.29. The fourth-order valence-electron chi connectivity index (χ4n) is 3.86. The van der Waals surface area contributed by atoms with Crippen LogP contribution in [0.3, 0.4) is 0 Å². The molecule has 0 aromatic heterocycles. The summed E-state index contributed by atoms with van der Waals surface area (Å²) in [4.78, 5) is 0. The van der Waals surface area contributed by atoms with Gasteiger partial charge in [-0.05, 0) is 54.0 Å². The lowest BCUT2D eigenvalue weighted by molar-refractivity contribution is -0.279. The Morgan fingerprint density at radius 3 is 2.46 bits per heavy atom. The van der Waals surface area contributed by atoms with Gasteiger partial charge in [0, 0.05) is 12.8 Å². The summed E-state index contributed by atoms with van der Waals surface area (Å²) in [7, 11) is -1.90. The van der Waals surface area contributed by atoms with E-state index in [1.807, 2.05) is 0 Å². The SMILES string of the molecule is CCCC[C@]1([C@@H](/C=C/I)O[Si](C)(C)C(C)(C)C)CCC2(CCCCO2)O1. The van der Waals surface area contributed by atoms with E-state index in [4.69, 9.17) is 13.9 Å². The minimum atomic E-state index is -1.90. The van der Waals surface area contributed by atoms with Gasteiger partial charge in [-0.15, -0.1) is 0 Å². The van der Waals surface area contributed by atoms with Crippen LogP contribution in [0.25, 0.3) is 0 Å². The number of unbranched alkanes of at least 4 members (excludes halogenated alkanes) is 1. The quantitative estimate of drug-likeness (QED) is 0.283. The minimum absolute atomic E-state index is 0.0109. The Morgan fingerprint density at radius 1 is 1.19 bits per heavy atom. The number of ether oxygens (including phenoxy) is 2. The van der Waals surface area contributed by atoms with E-state index in [-0.39, 0.29) is 22.5 Å². The van der Waals surface area contributed by atoms with E-state index in [1.165, 1.54) is 19.3 Å². The Morgan fingerprint density at radius 2 is 1.92 bits per heavy atom. The van der Waals surface area contributed by atoms with Crippen molar-refractivity contribution in [2.75, 3.05) is 6.61 Å². The fourth-order valence-corrected chi connectivity index (χ4v) is 5.51. The van der Waals surface area contributed by atoms with Gasteiger partial charge >= 0.3 is 0 Å². The Labute approximate surface area is 175 Å². The van der Waals surface area contributed by atoms with Gasteiger partial charge < -0.3 is 13.9 Å². The van der Waals surface area contributed by atoms with Gasteiger partial charge in [0.15, 0.2) is 14.1 Å². The molecule has 0 aliphatic carbocycles. The normalized spacial score (nSPS) is 31.8. The molecule has 0 amide bonds. The minimum Gasteiger partial charge on any atom is -0.408 e. The number of hydrogen-bond acceptors (Lipinski definition) is 3. The summed E-state index contributed by atoms with van der Waals surface area (Å²) in [6.07, 6.45) is 11.1. The zero-order valence-corrected chi connectivity index (χ0v) is 20.9. The highest BCUT2D eigenvalue weighted by molar-refractivity contribution is 14.1. The second-order valence-corrected chi connectivity index (χ2v) is 15.1. The smallest absolute Gasteiger partial charge is 0.193 e. The van der Waals surface area contributed by atoms with Crippen LogP contribution in [-0.4, -0.2) is 32.4 Å². The van der Waals surface area contributed by atoms with Crippen molar-refractivity contribution in [1.82, 2.24) is 0 Å². The predicted molar refractivity (Wildman–Crippen MR) is 120 cm³/mol. The molecule has 0 aromatic rings. The van der Waals surface area contributed by atoms with Gasteiger partial charge in [-0.1, -0.05) is 63.1 Å². The van der Waals surface area contributed by atoms with Crippen molar-refractivity contribution >= 4 is 30.9 Å². The van der Waals surface area contributed by atoms with Gasteiger partial charge in [-0.25, -0.2) is 0 Å². The molecule has 2 heterocycles. The van der Waals surface area contributed by atoms with Crippen molar-refractivity contribution in [2.45, 2.75) is 115 Å². The van der Waals surface area contributed by atoms with Crippen molar-refractivity contribution in [3.8, 4) is 0 Å². The second kappa shape index (κ2) is 8.93. The molecule has 2 aliphatic heterocycles. The fraction of sp³-hybridized carbons (Fsp3) is 0.905. The number of hydrogen-bond donors (Lipinski definition) is 0. The summed E-state index contributed by atoms with van der Waals surface area (Å²) in [5.41, 5.74) is -0.245. The molecule has 0 saturated carbocycles. The van der Waals surface area contributed by atoms with Crippen LogP contribution in [0.1, 0.15) is 79.1 Å². The van der Waals surface area contributed by atoms with Gasteiger partial charge in [0.2, 0.25) is 0 Å². The average molecular weight is 495 g/mol. The molecule has 3 nitrogen and oxygen atoms in total. The van der Waals surface area contributed by atoms with E-state index in [1.54, 1.807) is 0 Å². The Hall–Kier alpha value is 0.567. The summed E-state index contributed by atoms with van der Waals surface area (Å²) < 4.78 is 22.1. The molecule has 3 atom stereocenters. The summed E-state index contributed by atoms with van der Waals surface area (Å²) in [6.45, 7) is 14.7. The molecule has 5 heteroatoms. The van der Waals surface area contributed by atoms with Gasteiger partial charge in [-0.3, -0.25) is 0 Å². The lowest BCUT2D eigenvalue weighted by atomic mass is 9.87. The van der Waals surface area contributed by atoms with Crippen LogP contribution in [-0.2, 0) is 13.9 Å². The molecule has 2 aliphatic rings. The summed E-state index contributed by atoms with van der Waals surface area (Å²) in [6, 6.07) is 0. The lowest BCUT2D eigenvalue weighted by Crippen LogP contribution is -2.53. The maximum Gasteiger partial charge on any atom is 0.193 e. The first-order chi connectivity index (χ1) is 12.1. The van der Waals surface area contributed by atoms with E-state index in [2.05, 4.69) is 73.5 Å². The highest BCUT2D eigenvalue weighted by Crippen LogP contribution is 2.50. The highest BCUT2D eigenvalue weighted by Gasteiger charge is 2.55. The Bertz CT molecular complexity index is 480. The summed E-state index contributed by atoms with van der Waals surface area (Å²) >= 11 is 2.32. The van der Waals surface area contributed by atoms with Gasteiger partial charge in [0.05, 0.1) is 12.7 Å². The molecule has 152 valence electrons. The van der Waals surface area contributed by atoms with Crippen LogP contribution in [0.2, 0.25) is 18.1 Å². The van der Waals surface area contributed by atoms with Crippen molar-refractivity contribution in [3.05, 3.63) is 10.2 Å². The number of rotatable bonds is 7. The van der Waals surface area contributed by atoms with Crippen molar-refractivity contribution in [3.63, 3.8) is 0 Å². The molecule has 0 bridgehead atoms. The molecule has 1 unspecified atom stereocenters. The maximum atomic E-state index is 6.93. The summed E-state index contributed by atoms with van der Waals surface area (Å²) in [5.74, 6) is -0.361. The Kier molecular flexibility index (Phi) is 7.85. The van der Waals surface area contributed by atoms with E-state index < -0.39 is 8.32 Å². The van der Waals surface area contributed by atoms with E-state index in [9.17, 15) is 0 Å². The second-order valence-electron chi connectivity index (χ2n) is 9.60. The molecule has 26 heavy (non-hydrogen) atoms. The van der Waals surface area contributed by atoms with Crippen LogP contribution in [0.5, 0.6) is 0 Å². The van der Waals surface area contributed by atoms with Crippen LogP contribution >= 0.6 is 22.6 Å². The molecule has 2 rings (SSSR count). The number of halogens is 1. The lowest BCUT2D eigenvalue weighted by Gasteiger charge is -2.45. The predicted octanol–water partition coefficient (Wildman–Crippen LogP) is 6.96. The van der Waals surface area contributed by atoms with Crippen LogP contribution < -0.4 is 0 Å². The van der Waals surface area contributed by atoms with Gasteiger partial charge in [0.25, 0.3) is 0 Å². The molecule has 2 fully saturated rings. The van der Waals surface area contributed by atoms with Crippen molar-refractivity contribution < 1.29 is 13.9 Å². The molecule has 1 spiro atoms. The zero-order valence-electron chi connectivity index (χ0n) is 17.7. The summed E-state index contributed by atoms with van der Waals surface area (Å²) in [5, 5.41) is 0.188. The molecule has 0 N–H and O–H groups in total. The average Bonchev–Trinajstić information content (AvgIpc) is 2.91. The molecule has 0 radical (unpaired) electrons. The highest BCUT2D eigenvalue weighted by atomic mass is 127. The van der Waals surface area contributed by atoms with Gasteiger partial charge in [0.1, 0.15) is 5.60 Å². The van der Waals surface area contributed by atoms with Gasteiger partial charge in [-0.2, -0.15) is 0 Å². The van der Waals surface area contributed by atoms with Crippen molar-refractivity contribution in [2.24, 2.45) is 0 Å².